The zero-order valence-corrected chi connectivity index (χ0v) is 10.8. The van der Waals surface area contributed by atoms with Crippen LogP contribution in [0.4, 0.5) is 0 Å². The first-order chi connectivity index (χ1) is 8.84. The Bertz CT molecular complexity index is 627. The molecule has 94 valence electrons. The molecule has 0 radical (unpaired) electrons. The summed E-state index contributed by atoms with van der Waals surface area (Å²) < 4.78 is 8.24. The number of nitrogens with one attached hydrogen (secondary N) is 1. The normalized spacial score (nSPS) is 18.7. The number of hydrogen-bond donors (Lipinski definition) is 1. The van der Waals surface area contributed by atoms with Crippen molar-refractivity contribution >= 4 is 10.9 Å². The monoisotopic (exact) mass is 242 g/mol. The van der Waals surface area contributed by atoms with Crippen LogP contribution in [0.15, 0.2) is 12.1 Å². The molecule has 0 saturated heterocycles. The molecule has 2 aromatic rings. The van der Waals surface area contributed by atoms with Gasteiger partial charge in [-0.1, -0.05) is 11.6 Å². The van der Waals surface area contributed by atoms with Crippen molar-refractivity contribution in [3.8, 4) is 0 Å². The van der Waals surface area contributed by atoms with Gasteiger partial charge in [-0.15, -0.1) is 0 Å². The van der Waals surface area contributed by atoms with E-state index in [0.717, 1.165) is 39.3 Å². The average molecular weight is 242 g/mol. The Kier molecular flexibility index (Phi) is 2.26. The fourth-order valence-electron chi connectivity index (χ4n) is 3.45. The van der Waals surface area contributed by atoms with E-state index in [2.05, 4.69) is 28.9 Å². The van der Waals surface area contributed by atoms with E-state index in [9.17, 15) is 0 Å². The molecule has 18 heavy (non-hydrogen) atoms. The Morgan fingerprint density at radius 2 is 2.28 bits per heavy atom. The van der Waals surface area contributed by atoms with Gasteiger partial charge in [-0.25, -0.2) is 0 Å². The van der Waals surface area contributed by atoms with Gasteiger partial charge in [0.25, 0.3) is 0 Å². The van der Waals surface area contributed by atoms with Crippen molar-refractivity contribution in [1.29, 1.82) is 0 Å². The fraction of sp³-hybridized carbons (Fsp3) is 0.467. The van der Waals surface area contributed by atoms with Gasteiger partial charge in [0.1, 0.15) is 0 Å². The maximum absolute atomic E-state index is 5.74. The standard InChI is InChI=1S/C15H18N2O/c1-10-6-11-9-18-5-4-17-14-2-3-16-8-13(14)12(7-10)15(11)17/h6-7,16H,2-5,8-9H2,1H3. The molecule has 0 amide bonds. The van der Waals surface area contributed by atoms with Crippen LogP contribution in [0.2, 0.25) is 0 Å². The summed E-state index contributed by atoms with van der Waals surface area (Å²) in [6.07, 6.45) is 1.14. The van der Waals surface area contributed by atoms with Crippen molar-refractivity contribution in [3.05, 3.63) is 34.5 Å². The van der Waals surface area contributed by atoms with Crippen LogP contribution < -0.4 is 5.32 Å². The smallest absolute Gasteiger partial charge is 0.0738 e. The van der Waals surface area contributed by atoms with Gasteiger partial charge >= 0.3 is 0 Å². The average Bonchev–Trinajstić information content (AvgIpc) is 2.55. The third-order valence-corrected chi connectivity index (χ3v) is 4.16. The maximum Gasteiger partial charge on any atom is 0.0738 e. The van der Waals surface area contributed by atoms with Crippen LogP contribution in [0.25, 0.3) is 10.9 Å². The molecule has 1 aromatic carbocycles. The molecule has 1 aromatic heterocycles. The fourth-order valence-corrected chi connectivity index (χ4v) is 3.45. The lowest BCUT2D eigenvalue weighted by Crippen LogP contribution is -2.25. The molecular weight excluding hydrogens is 224 g/mol. The van der Waals surface area contributed by atoms with Crippen molar-refractivity contribution in [2.75, 3.05) is 13.2 Å². The molecule has 2 aliphatic heterocycles. The molecule has 0 bridgehead atoms. The predicted octanol–water partition coefficient (Wildman–Crippen LogP) is 2.13. The lowest BCUT2D eigenvalue weighted by atomic mass is 10.0. The van der Waals surface area contributed by atoms with E-state index in [-0.39, 0.29) is 0 Å². The lowest BCUT2D eigenvalue weighted by molar-refractivity contribution is 0.119. The summed E-state index contributed by atoms with van der Waals surface area (Å²) in [4.78, 5) is 0. The molecule has 0 spiro atoms. The molecule has 0 aliphatic carbocycles. The number of fused-ring (bicyclic) bond motifs is 3. The van der Waals surface area contributed by atoms with Crippen LogP contribution in [0.3, 0.4) is 0 Å². The van der Waals surface area contributed by atoms with Crippen LogP contribution in [-0.2, 0) is 30.9 Å². The number of rotatable bonds is 0. The largest absolute Gasteiger partial charge is 0.375 e. The molecule has 1 N–H and O–H groups in total. The van der Waals surface area contributed by atoms with E-state index in [1.165, 1.54) is 33.3 Å². The van der Waals surface area contributed by atoms with E-state index in [4.69, 9.17) is 4.74 Å². The van der Waals surface area contributed by atoms with Gasteiger partial charge in [0, 0.05) is 42.7 Å². The van der Waals surface area contributed by atoms with Crippen LogP contribution in [0, 0.1) is 6.92 Å². The molecule has 4 rings (SSSR count). The Morgan fingerprint density at radius 1 is 1.33 bits per heavy atom. The van der Waals surface area contributed by atoms with Crippen molar-refractivity contribution in [1.82, 2.24) is 9.88 Å². The second-order valence-corrected chi connectivity index (χ2v) is 5.38. The van der Waals surface area contributed by atoms with Crippen LogP contribution in [0.5, 0.6) is 0 Å². The van der Waals surface area contributed by atoms with E-state index in [1.54, 1.807) is 0 Å². The number of benzene rings is 1. The van der Waals surface area contributed by atoms with Crippen LogP contribution in [0.1, 0.15) is 22.4 Å². The quantitative estimate of drug-likeness (QED) is 0.766. The molecule has 0 unspecified atom stereocenters. The Hall–Kier alpha value is -1.32. The molecule has 3 heterocycles. The second-order valence-electron chi connectivity index (χ2n) is 5.38. The third-order valence-electron chi connectivity index (χ3n) is 4.16. The van der Waals surface area contributed by atoms with Gasteiger partial charge in [0.15, 0.2) is 0 Å². The van der Waals surface area contributed by atoms with E-state index < -0.39 is 0 Å². The van der Waals surface area contributed by atoms with Gasteiger partial charge in [-0.2, -0.15) is 0 Å². The molecule has 3 nitrogen and oxygen atoms in total. The van der Waals surface area contributed by atoms with Gasteiger partial charge in [0.05, 0.1) is 18.7 Å². The molecule has 2 aliphatic rings. The predicted molar refractivity (Wildman–Crippen MR) is 71.7 cm³/mol. The van der Waals surface area contributed by atoms with Gasteiger partial charge < -0.3 is 14.6 Å². The van der Waals surface area contributed by atoms with Crippen molar-refractivity contribution in [2.45, 2.75) is 33.0 Å². The van der Waals surface area contributed by atoms with Gasteiger partial charge in [-0.3, -0.25) is 0 Å². The lowest BCUT2D eigenvalue weighted by Gasteiger charge is -2.16. The highest BCUT2D eigenvalue weighted by Crippen LogP contribution is 2.33. The van der Waals surface area contributed by atoms with Crippen molar-refractivity contribution in [3.63, 3.8) is 0 Å². The van der Waals surface area contributed by atoms with Crippen LogP contribution in [-0.4, -0.2) is 17.7 Å². The van der Waals surface area contributed by atoms with Crippen molar-refractivity contribution < 1.29 is 4.74 Å². The molecule has 0 fully saturated rings. The summed E-state index contributed by atoms with van der Waals surface area (Å²) in [7, 11) is 0. The van der Waals surface area contributed by atoms with E-state index >= 15 is 0 Å². The highest BCUT2D eigenvalue weighted by atomic mass is 16.5. The number of hydrogen-bond acceptors (Lipinski definition) is 2. The minimum absolute atomic E-state index is 0.758. The summed E-state index contributed by atoms with van der Waals surface area (Å²) >= 11 is 0. The zero-order valence-electron chi connectivity index (χ0n) is 10.8. The Morgan fingerprint density at radius 3 is 3.22 bits per heavy atom. The summed E-state index contributed by atoms with van der Waals surface area (Å²) in [5, 5.41) is 4.94. The first-order valence-corrected chi connectivity index (χ1v) is 6.76. The summed E-state index contributed by atoms with van der Waals surface area (Å²) in [6, 6.07) is 4.62. The minimum Gasteiger partial charge on any atom is -0.375 e. The van der Waals surface area contributed by atoms with Gasteiger partial charge in [0.2, 0.25) is 0 Å². The van der Waals surface area contributed by atoms with Crippen molar-refractivity contribution in [2.24, 2.45) is 0 Å². The summed E-state index contributed by atoms with van der Waals surface area (Å²) in [5.74, 6) is 0. The molecule has 0 saturated carbocycles. The second kappa shape index (κ2) is 3.84. The highest BCUT2D eigenvalue weighted by molar-refractivity contribution is 5.89. The molecule has 3 heteroatoms. The number of nitrogens with zero attached hydrogens (tertiary/aromatic N) is 1. The summed E-state index contributed by atoms with van der Waals surface area (Å²) in [6.45, 7) is 6.88. The number of aryl methyl sites for hydroxylation is 1. The first kappa shape index (κ1) is 10.6. The highest BCUT2D eigenvalue weighted by Gasteiger charge is 2.23. The van der Waals surface area contributed by atoms with E-state index in [0.29, 0.717) is 0 Å². The van der Waals surface area contributed by atoms with E-state index in [1.807, 2.05) is 0 Å². The summed E-state index contributed by atoms with van der Waals surface area (Å²) in [5.41, 5.74) is 7.17. The third kappa shape index (κ3) is 1.38. The Balaban J connectivity index is 2.12. The Labute approximate surface area is 107 Å². The number of ether oxygens (including phenoxy) is 1. The topological polar surface area (TPSA) is 26.2 Å². The molecular formula is C15H18N2O. The number of aromatic nitrogens is 1. The maximum atomic E-state index is 5.74. The first-order valence-electron chi connectivity index (χ1n) is 6.76. The SMILES string of the molecule is Cc1cc2c3c(c1)c1c(n3CCOC2)CCNC1. The molecule has 0 atom stereocenters. The van der Waals surface area contributed by atoms with Gasteiger partial charge in [-0.05, 0) is 18.6 Å². The minimum atomic E-state index is 0.758. The zero-order chi connectivity index (χ0) is 12.1. The van der Waals surface area contributed by atoms with Crippen LogP contribution >= 0.6 is 0 Å².